The molecule has 2 atom stereocenters. The summed E-state index contributed by atoms with van der Waals surface area (Å²) in [5, 5.41) is 0. The Bertz CT molecular complexity index is 152. The van der Waals surface area contributed by atoms with Crippen molar-refractivity contribution in [1.82, 2.24) is 0 Å². The summed E-state index contributed by atoms with van der Waals surface area (Å²) in [5.41, 5.74) is 0. The molecule has 2 heteroatoms. The first-order valence-electron chi connectivity index (χ1n) is 5.58. The third kappa shape index (κ3) is 3.43. The standard InChI is InChI=1S/C11H24OSi/c1-9-7-6-8-10(2)11(9)12-13(3,4)5/h9-11H,6-8H2,1-5H3. The van der Waals surface area contributed by atoms with Gasteiger partial charge < -0.3 is 4.43 Å². The zero-order valence-corrected chi connectivity index (χ0v) is 10.8. The molecule has 2 unspecified atom stereocenters. The average Bonchev–Trinajstić information content (AvgIpc) is 1.95. The van der Waals surface area contributed by atoms with Crippen LogP contribution in [0.15, 0.2) is 0 Å². The second kappa shape index (κ2) is 4.14. The Balaban J connectivity index is 2.54. The van der Waals surface area contributed by atoms with E-state index in [0.717, 1.165) is 11.8 Å². The quantitative estimate of drug-likeness (QED) is 0.618. The van der Waals surface area contributed by atoms with Crippen molar-refractivity contribution in [2.75, 3.05) is 0 Å². The Morgan fingerprint density at radius 2 is 1.46 bits per heavy atom. The minimum Gasteiger partial charge on any atom is -0.414 e. The van der Waals surface area contributed by atoms with Crippen molar-refractivity contribution in [3.8, 4) is 0 Å². The fourth-order valence-electron chi connectivity index (χ4n) is 2.29. The van der Waals surface area contributed by atoms with Gasteiger partial charge in [0.05, 0.1) is 6.10 Å². The third-order valence-electron chi connectivity index (χ3n) is 2.93. The normalized spacial score (nSPS) is 36.2. The summed E-state index contributed by atoms with van der Waals surface area (Å²) in [6.45, 7) is 11.6. The van der Waals surface area contributed by atoms with Crippen LogP contribution in [0.25, 0.3) is 0 Å². The van der Waals surface area contributed by atoms with E-state index in [1.165, 1.54) is 19.3 Å². The van der Waals surface area contributed by atoms with Gasteiger partial charge >= 0.3 is 0 Å². The van der Waals surface area contributed by atoms with E-state index in [0.29, 0.717) is 6.10 Å². The molecule has 0 N–H and O–H groups in total. The topological polar surface area (TPSA) is 9.23 Å². The highest BCUT2D eigenvalue weighted by atomic mass is 28.4. The third-order valence-corrected chi connectivity index (χ3v) is 3.91. The van der Waals surface area contributed by atoms with Gasteiger partial charge in [-0.2, -0.15) is 0 Å². The maximum absolute atomic E-state index is 6.24. The van der Waals surface area contributed by atoms with E-state index in [1.807, 2.05) is 0 Å². The molecular weight excluding hydrogens is 176 g/mol. The molecule has 0 bridgehead atoms. The largest absolute Gasteiger partial charge is 0.414 e. The predicted octanol–water partition coefficient (Wildman–Crippen LogP) is 3.66. The molecule has 0 amide bonds. The first-order valence-corrected chi connectivity index (χ1v) is 8.99. The predicted molar refractivity (Wildman–Crippen MR) is 60.4 cm³/mol. The van der Waals surface area contributed by atoms with Crippen LogP contribution in [0.2, 0.25) is 19.6 Å². The lowest BCUT2D eigenvalue weighted by Crippen LogP contribution is -2.41. The second-order valence-corrected chi connectivity index (χ2v) is 10.0. The lowest BCUT2D eigenvalue weighted by molar-refractivity contribution is 0.0489. The first kappa shape index (κ1) is 11.3. The molecule has 0 radical (unpaired) electrons. The first-order chi connectivity index (χ1) is 5.90. The van der Waals surface area contributed by atoms with Crippen LogP contribution in [0.1, 0.15) is 33.1 Å². The van der Waals surface area contributed by atoms with Gasteiger partial charge in [-0.1, -0.05) is 20.3 Å². The summed E-state index contributed by atoms with van der Waals surface area (Å²) in [6, 6.07) is 0. The van der Waals surface area contributed by atoms with Crippen molar-refractivity contribution in [3.05, 3.63) is 0 Å². The molecule has 1 fully saturated rings. The van der Waals surface area contributed by atoms with Crippen LogP contribution in [0.5, 0.6) is 0 Å². The Kier molecular flexibility index (Phi) is 3.58. The maximum Gasteiger partial charge on any atom is 0.184 e. The molecule has 0 aliphatic heterocycles. The van der Waals surface area contributed by atoms with Crippen molar-refractivity contribution < 1.29 is 4.43 Å². The Hall–Kier alpha value is 0.177. The van der Waals surface area contributed by atoms with Crippen LogP contribution in [0, 0.1) is 11.8 Å². The van der Waals surface area contributed by atoms with Crippen LogP contribution in [-0.4, -0.2) is 14.4 Å². The van der Waals surface area contributed by atoms with E-state index >= 15 is 0 Å². The van der Waals surface area contributed by atoms with Gasteiger partial charge in [0.2, 0.25) is 0 Å². The highest BCUT2D eigenvalue weighted by molar-refractivity contribution is 6.69. The molecule has 1 rings (SSSR count). The highest BCUT2D eigenvalue weighted by Crippen LogP contribution is 2.32. The highest BCUT2D eigenvalue weighted by Gasteiger charge is 2.32. The van der Waals surface area contributed by atoms with Crippen LogP contribution < -0.4 is 0 Å². The van der Waals surface area contributed by atoms with Crippen molar-refractivity contribution >= 4 is 8.32 Å². The zero-order chi connectivity index (χ0) is 10.1. The fourth-order valence-corrected chi connectivity index (χ4v) is 3.57. The van der Waals surface area contributed by atoms with E-state index in [-0.39, 0.29) is 0 Å². The van der Waals surface area contributed by atoms with E-state index < -0.39 is 8.32 Å². The van der Waals surface area contributed by atoms with E-state index in [1.54, 1.807) is 0 Å². The van der Waals surface area contributed by atoms with Crippen molar-refractivity contribution in [2.24, 2.45) is 11.8 Å². The van der Waals surface area contributed by atoms with Gasteiger partial charge in [-0.15, -0.1) is 0 Å². The summed E-state index contributed by atoms with van der Waals surface area (Å²) in [7, 11) is -1.33. The summed E-state index contributed by atoms with van der Waals surface area (Å²) in [4.78, 5) is 0. The Morgan fingerprint density at radius 1 is 1.00 bits per heavy atom. The molecule has 1 saturated carbocycles. The average molecular weight is 200 g/mol. The van der Waals surface area contributed by atoms with E-state index in [9.17, 15) is 0 Å². The van der Waals surface area contributed by atoms with Gasteiger partial charge in [0.1, 0.15) is 0 Å². The van der Waals surface area contributed by atoms with Crippen LogP contribution in [-0.2, 0) is 4.43 Å². The van der Waals surface area contributed by atoms with Gasteiger partial charge in [-0.25, -0.2) is 0 Å². The molecule has 0 heterocycles. The minimum absolute atomic E-state index is 0.542. The molecule has 0 aromatic rings. The molecule has 0 saturated heterocycles. The van der Waals surface area contributed by atoms with Crippen molar-refractivity contribution in [2.45, 2.75) is 58.9 Å². The Labute approximate surface area is 84.0 Å². The summed E-state index contributed by atoms with van der Waals surface area (Å²) >= 11 is 0. The molecule has 78 valence electrons. The summed E-state index contributed by atoms with van der Waals surface area (Å²) in [6.07, 6.45) is 4.66. The van der Waals surface area contributed by atoms with Gasteiger partial charge in [-0.3, -0.25) is 0 Å². The molecule has 0 spiro atoms. The van der Waals surface area contributed by atoms with Crippen LogP contribution in [0.3, 0.4) is 0 Å². The molecular formula is C11H24OSi. The lowest BCUT2D eigenvalue weighted by atomic mass is 9.81. The van der Waals surface area contributed by atoms with E-state index in [2.05, 4.69) is 33.5 Å². The maximum atomic E-state index is 6.24. The second-order valence-electron chi connectivity index (χ2n) is 5.58. The monoisotopic (exact) mass is 200 g/mol. The fraction of sp³-hybridized carbons (Fsp3) is 1.00. The zero-order valence-electron chi connectivity index (χ0n) is 9.76. The van der Waals surface area contributed by atoms with Gasteiger partial charge in [0, 0.05) is 0 Å². The molecule has 0 aromatic carbocycles. The Morgan fingerprint density at radius 3 is 1.85 bits per heavy atom. The van der Waals surface area contributed by atoms with Gasteiger partial charge in [0.25, 0.3) is 0 Å². The smallest absolute Gasteiger partial charge is 0.184 e. The van der Waals surface area contributed by atoms with Crippen molar-refractivity contribution in [3.63, 3.8) is 0 Å². The SMILES string of the molecule is CC1CCCC(C)C1O[Si](C)(C)C. The molecule has 1 aliphatic rings. The molecule has 1 nitrogen and oxygen atoms in total. The molecule has 0 aromatic heterocycles. The van der Waals surface area contributed by atoms with Gasteiger partial charge in [-0.05, 0) is 44.3 Å². The number of rotatable bonds is 2. The van der Waals surface area contributed by atoms with Crippen LogP contribution >= 0.6 is 0 Å². The van der Waals surface area contributed by atoms with Crippen LogP contribution in [0.4, 0.5) is 0 Å². The number of hydrogen-bond donors (Lipinski definition) is 0. The molecule has 1 aliphatic carbocycles. The molecule has 13 heavy (non-hydrogen) atoms. The van der Waals surface area contributed by atoms with Crippen molar-refractivity contribution in [1.29, 1.82) is 0 Å². The summed E-state index contributed by atoms with van der Waals surface area (Å²) in [5.74, 6) is 1.55. The van der Waals surface area contributed by atoms with Gasteiger partial charge in [0.15, 0.2) is 8.32 Å². The lowest BCUT2D eigenvalue weighted by Gasteiger charge is -2.38. The minimum atomic E-state index is -1.33. The number of hydrogen-bond acceptors (Lipinski definition) is 1. The van der Waals surface area contributed by atoms with E-state index in [4.69, 9.17) is 4.43 Å². The summed E-state index contributed by atoms with van der Waals surface area (Å²) < 4.78 is 6.24.